The smallest absolute Gasteiger partial charge is 0.250 e. The first-order valence-corrected chi connectivity index (χ1v) is 16.6. The van der Waals surface area contributed by atoms with Crippen molar-refractivity contribution in [2.75, 3.05) is 41.8 Å². The number of para-hydroxylation sites is 2. The summed E-state index contributed by atoms with van der Waals surface area (Å²) in [6.45, 7) is 2.82. The van der Waals surface area contributed by atoms with Gasteiger partial charge in [-0.25, -0.2) is 19.9 Å². The number of hydrogen-bond acceptors (Lipinski definition) is 11. The molecule has 1 saturated heterocycles. The van der Waals surface area contributed by atoms with Crippen LogP contribution in [0.5, 0.6) is 0 Å². The number of pyridine rings is 3. The van der Waals surface area contributed by atoms with Gasteiger partial charge >= 0.3 is 0 Å². The number of rotatable bonds is 8. The third kappa shape index (κ3) is 8.77. The fourth-order valence-corrected chi connectivity index (χ4v) is 5.49. The molecule has 1 aliphatic heterocycles. The molecular weight excluding hydrogens is 656 g/mol. The van der Waals surface area contributed by atoms with Gasteiger partial charge < -0.3 is 30.2 Å². The highest BCUT2D eigenvalue weighted by atomic mass is 16.5. The summed E-state index contributed by atoms with van der Waals surface area (Å²) >= 11 is 0. The van der Waals surface area contributed by atoms with E-state index in [1.807, 2.05) is 84.9 Å². The van der Waals surface area contributed by atoms with Gasteiger partial charge in [-0.05, 0) is 60.7 Å². The number of nitrogens with zero attached hydrogens (tertiary/aromatic N) is 6. The second-order valence-electron chi connectivity index (χ2n) is 11.6. The second kappa shape index (κ2) is 16.1. The van der Waals surface area contributed by atoms with E-state index in [2.05, 4.69) is 50.4 Å². The van der Waals surface area contributed by atoms with E-state index in [1.54, 1.807) is 43.0 Å². The van der Waals surface area contributed by atoms with Gasteiger partial charge in [0.1, 0.15) is 5.82 Å². The highest BCUT2D eigenvalue weighted by molar-refractivity contribution is 5.69. The first-order valence-electron chi connectivity index (χ1n) is 16.6. The number of ether oxygens (including phenoxy) is 1. The van der Waals surface area contributed by atoms with Crippen molar-refractivity contribution in [2.45, 2.75) is 0 Å². The SMILES string of the molecule is O=c1cc(-c2ccnc(Nc3ccccc3)n2)cc(-c2ccncc2)[nH]1.O=c1cc(-c2ccnc(Nc3ccccc3)n2)cc(N2CCOCC2)[nH]1. The number of morpholine rings is 1. The molecule has 6 heterocycles. The van der Waals surface area contributed by atoms with Crippen LogP contribution in [0.3, 0.4) is 0 Å². The Kier molecular flexibility index (Phi) is 10.4. The quantitative estimate of drug-likeness (QED) is 0.147. The average Bonchev–Trinajstić information content (AvgIpc) is 3.19. The molecule has 1 aliphatic rings. The normalized spacial score (nSPS) is 12.3. The standard InChI is InChI=1S/C20H15N5O.C19H19N5O2/c26-19-13-15(12-18(24-19)14-6-9-21-10-7-14)17-8-11-22-20(25-17)23-16-4-2-1-3-5-16;25-18-13-14(12-17(23-18)24-8-10-26-11-9-24)16-6-7-20-19(22-16)21-15-4-2-1-3-5-15/h1-13H,(H,24,26)(H,22,23,25);1-7,12-13H,8-11H2,(H,23,25)(H,20,21,22). The van der Waals surface area contributed by atoms with E-state index in [4.69, 9.17) is 4.74 Å². The van der Waals surface area contributed by atoms with Gasteiger partial charge in [0.15, 0.2) is 0 Å². The minimum absolute atomic E-state index is 0.153. The van der Waals surface area contributed by atoms with Crippen LogP contribution in [0.2, 0.25) is 0 Å². The Hall–Kier alpha value is -6.99. The number of H-pyrrole nitrogens is 2. The number of benzene rings is 2. The second-order valence-corrected chi connectivity index (χ2v) is 11.6. The van der Waals surface area contributed by atoms with Crippen molar-refractivity contribution >= 4 is 29.1 Å². The first kappa shape index (κ1) is 33.5. The molecule has 0 amide bonds. The van der Waals surface area contributed by atoms with E-state index in [-0.39, 0.29) is 11.1 Å². The lowest BCUT2D eigenvalue weighted by Gasteiger charge is -2.28. The molecule has 13 heteroatoms. The Labute approximate surface area is 298 Å². The van der Waals surface area contributed by atoms with E-state index in [0.717, 1.165) is 47.0 Å². The Morgan fingerprint density at radius 2 is 1.12 bits per heavy atom. The van der Waals surface area contributed by atoms with Gasteiger partial charge in [0.2, 0.25) is 23.0 Å². The molecule has 5 aromatic heterocycles. The predicted octanol–water partition coefficient (Wildman–Crippen LogP) is 6.05. The lowest BCUT2D eigenvalue weighted by atomic mass is 10.1. The van der Waals surface area contributed by atoms with Gasteiger partial charge in [0.25, 0.3) is 0 Å². The van der Waals surface area contributed by atoms with Crippen LogP contribution in [-0.4, -0.2) is 61.2 Å². The largest absolute Gasteiger partial charge is 0.378 e. The Morgan fingerprint density at radius 3 is 1.69 bits per heavy atom. The Balaban J connectivity index is 0.000000162. The summed E-state index contributed by atoms with van der Waals surface area (Å²) in [5, 5.41) is 6.33. The van der Waals surface area contributed by atoms with Crippen molar-refractivity contribution in [3.05, 3.63) is 155 Å². The fourth-order valence-electron chi connectivity index (χ4n) is 5.49. The maximum Gasteiger partial charge on any atom is 0.250 e. The first-order chi connectivity index (χ1) is 25.6. The number of aromatic amines is 2. The van der Waals surface area contributed by atoms with Gasteiger partial charge in [0.05, 0.1) is 24.6 Å². The third-order valence-electron chi connectivity index (χ3n) is 7.98. The number of hydrogen-bond donors (Lipinski definition) is 4. The zero-order valence-corrected chi connectivity index (χ0v) is 27.9. The van der Waals surface area contributed by atoms with Crippen LogP contribution in [-0.2, 0) is 4.74 Å². The summed E-state index contributed by atoms with van der Waals surface area (Å²) in [5.41, 5.74) is 5.90. The van der Waals surface area contributed by atoms with E-state index < -0.39 is 0 Å². The summed E-state index contributed by atoms with van der Waals surface area (Å²) in [5.74, 6) is 1.74. The lowest BCUT2D eigenvalue weighted by molar-refractivity contribution is 0.122. The zero-order valence-electron chi connectivity index (χ0n) is 27.9. The Bertz CT molecular complexity index is 2350. The Morgan fingerprint density at radius 1 is 0.577 bits per heavy atom. The van der Waals surface area contributed by atoms with E-state index in [9.17, 15) is 9.59 Å². The molecule has 8 rings (SSSR count). The maximum absolute atomic E-state index is 12.1. The molecular formula is C39H34N10O3. The van der Waals surface area contributed by atoms with E-state index in [1.165, 1.54) is 6.07 Å². The number of anilines is 5. The van der Waals surface area contributed by atoms with E-state index in [0.29, 0.717) is 42.2 Å². The average molecular weight is 691 g/mol. The molecule has 0 aliphatic carbocycles. The summed E-state index contributed by atoms with van der Waals surface area (Å²) in [6, 6.07) is 33.6. The summed E-state index contributed by atoms with van der Waals surface area (Å²) in [6.07, 6.45) is 6.73. The molecule has 0 radical (unpaired) electrons. The van der Waals surface area contributed by atoms with Crippen LogP contribution in [0.1, 0.15) is 0 Å². The van der Waals surface area contributed by atoms with Crippen LogP contribution in [0.15, 0.2) is 144 Å². The van der Waals surface area contributed by atoms with Crippen LogP contribution >= 0.6 is 0 Å². The molecule has 0 spiro atoms. The molecule has 0 unspecified atom stereocenters. The van der Waals surface area contributed by atoms with Crippen molar-refractivity contribution in [2.24, 2.45) is 0 Å². The van der Waals surface area contributed by atoms with Gasteiger partial charge in [-0.1, -0.05) is 36.4 Å². The number of aromatic nitrogens is 7. The topological polar surface area (TPSA) is 167 Å². The van der Waals surface area contributed by atoms with Gasteiger partial charge in [0, 0.05) is 83.8 Å². The molecule has 7 aromatic rings. The molecule has 0 bridgehead atoms. The molecule has 0 atom stereocenters. The summed E-state index contributed by atoms with van der Waals surface area (Å²) < 4.78 is 5.38. The van der Waals surface area contributed by atoms with Gasteiger partial charge in [-0.2, -0.15) is 0 Å². The lowest BCUT2D eigenvalue weighted by Crippen LogP contribution is -2.37. The molecule has 2 aromatic carbocycles. The minimum atomic E-state index is -0.189. The highest BCUT2D eigenvalue weighted by Crippen LogP contribution is 2.24. The highest BCUT2D eigenvalue weighted by Gasteiger charge is 2.14. The molecule has 13 nitrogen and oxygen atoms in total. The summed E-state index contributed by atoms with van der Waals surface area (Å²) in [7, 11) is 0. The fraction of sp³-hybridized carbons (Fsp3) is 0.103. The van der Waals surface area contributed by atoms with Crippen molar-refractivity contribution in [1.29, 1.82) is 0 Å². The molecule has 1 fully saturated rings. The zero-order chi connectivity index (χ0) is 35.5. The van der Waals surface area contributed by atoms with Gasteiger partial charge in [-0.3, -0.25) is 14.6 Å². The van der Waals surface area contributed by atoms with Crippen molar-refractivity contribution in [3.63, 3.8) is 0 Å². The van der Waals surface area contributed by atoms with Gasteiger partial charge in [-0.15, -0.1) is 0 Å². The molecule has 4 N–H and O–H groups in total. The van der Waals surface area contributed by atoms with Crippen molar-refractivity contribution in [1.82, 2.24) is 34.9 Å². The van der Waals surface area contributed by atoms with Crippen LogP contribution in [0.4, 0.5) is 29.1 Å². The summed E-state index contributed by atoms with van der Waals surface area (Å²) in [4.78, 5) is 53.7. The third-order valence-corrected chi connectivity index (χ3v) is 7.98. The predicted molar refractivity (Wildman–Crippen MR) is 202 cm³/mol. The monoisotopic (exact) mass is 690 g/mol. The van der Waals surface area contributed by atoms with Crippen molar-refractivity contribution < 1.29 is 4.74 Å². The minimum Gasteiger partial charge on any atom is -0.378 e. The van der Waals surface area contributed by atoms with Crippen LogP contribution in [0, 0.1) is 0 Å². The maximum atomic E-state index is 12.1. The molecule has 258 valence electrons. The van der Waals surface area contributed by atoms with E-state index >= 15 is 0 Å². The molecule has 0 saturated carbocycles. The molecule has 52 heavy (non-hydrogen) atoms. The van der Waals surface area contributed by atoms with Crippen LogP contribution < -0.4 is 26.7 Å². The number of nitrogens with one attached hydrogen (secondary N) is 4. The van der Waals surface area contributed by atoms with Crippen LogP contribution in [0.25, 0.3) is 33.8 Å². The van der Waals surface area contributed by atoms with Crippen molar-refractivity contribution in [3.8, 4) is 33.8 Å².